The van der Waals surface area contributed by atoms with Crippen LogP contribution in [0.4, 0.5) is 20.6 Å². The van der Waals surface area contributed by atoms with Crippen LogP contribution in [-0.4, -0.2) is 148 Å². The van der Waals surface area contributed by atoms with Crippen LogP contribution in [-0.2, 0) is 40.1 Å². The smallest absolute Gasteiger partial charge is 0.333 e. The Morgan fingerprint density at radius 2 is 1.71 bits per heavy atom. The molecular weight excluding hydrogens is 1000 g/mol. The number of nitrogens with one attached hydrogen (secondary N) is 3. The summed E-state index contributed by atoms with van der Waals surface area (Å²) in [6.07, 6.45) is 5.43. The van der Waals surface area contributed by atoms with Gasteiger partial charge < -0.3 is 34.9 Å². The Bertz CT molecular complexity index is 2690. The molecule has 3 aromatic rings. The number of carbonyl (C=O) groups excluding carboxylic acids is 7. The van der Waals surface area contributed by atoms with E-state index in [0.29, 0.717) is 67.6 Å². The molecule has 8 rings (SSSR count). The monoisotopic (exact) mass is 1070 g/mol. The minimum atomic E-state index is -1.74. The SMILES string of the molecule is [2H]C1([2H])[C@H](C(=O)Nc2ccc(CNC(=O)N3CCC(N4CCN(C(=O)CCSSC(C)(C)CC(=O)N/N=C5\CCCN(C)c6cc(OCCCC(=O)ON7C(=O)CCC7=O)ccc65)CC4)CC3)c(F)c2)[C@H]1c1cccnc1. The summed E-state index contributed by atoms with van der Waals surface area (Å²) in [5.41, 5.74) is 6.40. The fraction of sp³-hybridized carbons (Fsp3) is 0.528. The molecular formula is C53H67FN10O9S2. The largest absolute Gasteiger partial charge is 0.494 e. The number of likely N-dealkylation sites (tertiary alicyclic amines) is 1. The number of rotatable bonds is 20. The number of hydrazone groups is 1. The average molecular weight is 1070 g/mol. The maximum Gasteiger partial charge on any atom is 0.333 e. The van der Waals surface area contributed by atoms with Gasteiger partial charge in [0.2, 0.25) is 17.7 Å². The van der Waals surface area contributed by atoms with E-state index in [1.54, 1.807) is 57.1 Å². The number of anilines is 2. The molecule has 75 heavy (non-hydrogen) atoms. The zero-order chi connectivity index (χ0) is 54.9. The van der Waals surface area contributed by atoms with Gasteiger partial charge in [0.05, 0.1) is 18.7 Å². The van der Waals surface area contributed by atoms with E-state index in [2.05, 4.69) is 35.9 Å². The van der Waals surface area contributed by atoms with Crippen molar-refractivity contribution in [2.75, 3.05) is 75.4 Å². The number of halogens is 1. The van der Waals surface area contributed by atoms with Crippen molar-refractivity contribution in [1.82, 2.24) is 35.5 Å². The van der Waals surface area contributed by atoms with E-state index < -0.39 is 52.5 Å². The number of benzene rings is 2. The van der Waals surface area contributed by atoms with Crippen LogP contribution in [0.25, 0.3) is 0 Å². The van der Waals surface area contributed by atoms with Gasteiger partial charge in [0.25, 0.3) is 11.8 Å². The first-order valence-corrected chi connectivity index (χ1v) is 27.9. The van der Waals surface area contributed by atoms with Gasteiger partial charge >= 0.3 is 12.0 Å². The molecule has 2 atom stereocenters. The van der Waals surface area contributed by atoms with Crippen molar-refractivity contribution in [2.45, 2.75) is 108 Å². The maximum atomic E-state index is 15.1. The van der Waals surface area contributed by atoms with E-state index in [1.807, 2.05) is 44.0 Å². The third kappa shape index (κ3) is 15.2. The van der Waals surface area contributed by atoms with E-state index >= 15 is 4.39 Å². The van der Waals surface area contributed by atoms with Gasteiger partial charge in [-0.3, -0.25) is 33.9 Å². The highest BCUT2D eigenvalue weighted by Crippen LogP contribution is 2.48. The Hall–Kier alpha value is -6.26. The zero-order valence-electron chi connectivity index (χ0n) is 44.6. The number of piperidine rings is 1. The Labute approximate surface area is 447 Å². The molecule has 5 aliphatic rings. The van der Waals surface area contributed by atoms with E-state index in [1.165, 1.54) is 12.1 Å². The second-order valence-electron chi connectivity index (χ2n) is 19.9. The van der Waals surface area contributed by atoms with Crippen molar-refractivity contribution in [1.29, 1.82) is 0 Å². The van der Waals surface area contributed by atoms with E-state index in [-0.39, 0.29) is 74.0 Å². The van der Waals surface area contributed by atoms with Crippen molar-refractivity contribution < 1.29 is 50.3 Å². The van der Waals surface area contributed by atoms with Gasteiger partial charge in [-0.2, -0.15) is 5.10 Å². The number of carbonyl (C=O) groups is 7. The molecule has 4 aliphatic heterocycles. The molecule has 4 fully saturated rings. The number of aromatic nitrogens is 1. The van der Waals surface area contributed by atoms with Crippen molar-refractivity contribution in [3.63, 3.8) is 0 Å². The van der Waals surface area contributed by atoms with Gasteiger partial charge in [0.1, 0.15) is 11.6 Å². The summed E-state index contributed by atoms with van der Waals surface area (Å²) in [5.74, 6) is -3.30. The van der Waals surface area contributed by atoms with Crippen molar-refractivity contribution in [2.24, 2.45) is 11.0 Å². The molecule has 0 unspecified atom stereocenters. The predicted molar refractivity (Wildman–Crippen MR) is 284 cm³/mol. The summed E-state index contributed by atoms with van der Waals surface area (Å²) in [6, 6.07) is 13.3. The molecule has 0 spiro atoms. The summed E-state index contributed by atoms with van der Waals surface area (Å²) >= 11 is 0. The summed E-state index contributed by atoms with van der Waals surface area (Å²) < 4.78 is 37.2. The first kappa shape index (κ1) is 52.2. The highest BCUT2D eigenvalue weighted by Gasteiger charge is 2.44. The number of hydrogen-bond donors (Lipinski definition) is 3. The number of ether oxygens (including phenoxy) is 1. The third-order valence-corrected chi connectivity index (χ3v) is 17.1. The number of hydrogen-bond acceptors (Lipinski definition) is 15. The fourth-order valence-electron chi connectivity index (χ4n) is 9.56. The van der Waals surface area contributed by atoms with E-state index in [4.69, 9.17) is 12.3 Å². The number of piperazine rings is 1. The Morgan fingerprint density at radius 1 is 0.933 bits per heavy atom. The topological polar surface area (TPSA) is 215 Å². The molecule has 19 nitrogen and oxygen atoms in total. The molecule has 402 valence electrons. The molecule has 22 heteroatoms. The molecule has 0 radical (unpaired) electrons. The molecule has 5 heterocycles. The lowest BCUT2D eigenvalue weighted by molar-refractivity contribution is -0.197. The number of fused-ring (bicyclic) bond motifs is 1. The number of imide groups is 1. The lowest BCUT2D eigenvalue weighted by Crippen LogP contribution is -2.55. The van der Waals surface area contributed by atoms with Crippen LogP contribution >= 0.6 is 21.6 Å². The molecule has 7 amide bonds. The van der Waals surface area contributed by atoms with Gasteiger partial charge in [-0.05, 0) is 94.1 Å². The van der Waals surface area contributed by atoms with Crippen LogP contribution in [0.3, 0.4) is 0 Å². The molecule has 3 saturated heterocycles. The highest BCUT2D eigenvalue weighted by atomic mass is 33.1. The predicted octanol–water partition coefficient (Wildman–Crippen LogP) is 6.24. The molecule has 3 N–H and O–H groups in total. The summed E-state index contributed by atoms with van der Waals surface area (Å²) in [5, 5.41) is 10.6. The summed E-state index contributed by atoms with van der Waals surface area (Å²) in [7, 11) is 5.13. The third-order valence-electron chi connectivity index (χ3n) is 13.8. The fourth-order valence-corrected chi connectivity index (χ4v) is 12.0. The maximum absolute atomic E-state index is 15.1. The Morgan fingerprint density at radius 3 is 2.44 bits per heavy atom. The number of amides is 7. The minimum absolute atomic E-state index is 0.0237. The normalized spacial score (nSPS) is 20.9. The number of nitrogens with zero attached hydrogens (tertiary/aromatic N) is 7. The number of urea groups is 1. The molecule has 1 aromatic heterocycles. The van der Waals surface area contributed by atoms with Crippen LogP contribution in [0.5, 0.6) is 5.75 Å². The zero-order valence-corrected chi connectivity index (χ0v) is 44.3. The number of pyridine rings is 1. The molecule has 2 aromatic carbocycles. The quantitative estimate of drug-likeness (QED) is 0.0495. The van der Waals surface area contributed by atoms with Crippen LogP contribution < -0.4 is 25.7 Å². The molecule has 1 aliphatic carbocycles. The summed E-state index contributed by atoms with van der Waals surface area (Å²) in [4.78, 5) is 105. The van der Waals surface area contributed by atoms with Gasteiger partial charge in [0, 0.05) is 151 Å². The van der Waals surface area contributed by atoms with Crippen LogP contribution in [0, 0.1) is 11.7 Å². The van der Waals surface area contributed by atoms with Crippen LogP contribution in [0.1, 0.15) is 110 Å². The average Bonchev–Trinajstić information content (AvgIpc) is 4.07. The Balaban J connectivity index is 0.684. The van der Waals surface area contributed by atoms with E-state index in [0.717, 1.165) is 55.9 Å². The van der Waals surface area contributed by atoms with Gasteiger partial charge in [-0.15, -0.1) is 5.06 Å². The minimum Gasteiger partial charge on any atom is -0.494 e. The van der Waals surface area contributed by atoms with Gasteiger partial charge in [-0.25, -0.2) is 19.4 Å². The van der Waals surface area contributed by atoms with E-state index in [9.17, 15) is 33.6 Å². The van der Waals surface area contributed by atoms with Crippen molar-refractivity contribution in [3.8, 4) is 5.75 Å². The van der Waals surface area contributed by atoms with Gasteiger partial charge in [0.15, 0.2) is 0 Å². The molecule has 0 bridgehead atoms. The second-order valence-corrected chi connectivity index (χ2v) is 23.0. The summed E-state index contributed by atoms with van der Waals surface area (Å²) in [6.45, 7) is 8.81. The lowest BCUT2D eigenvalue weighted by Gasteiger charge is -2.42. The second kappa shape index (κ2) is 25.5. The standard InChI is InChI=1S/C53H67FN10O9S2/c1-53(2,32-46(65)59-58-44-8-5-20-60(3)45-30-39(12-13-40(44)45)72-27-6-9-50(69)73-64-48(67)14-15-49(64)68)75-74-28-18-47(66)62-25-23-61(24-26-62)38-16-21-63(22-17-38)52(71)56-34-36-10-11-37(29-43(36)54)57-51(70)42-31-41(42)35-7-4-19-55-33-35/h4,7,10-13,19,29-30,33,38,41-42H,5-6,8-9,14-18,20-28,31-32,34H2,1-3H3,(H,56,71)(H,57,70)(H,59,65)/b58-44+/t41-,42+/m1/s1/i31D2. The number of hydroxylamine groups is 2. The lowest BCUT2D eigenvalue weighted by atomic mass is 10.0. The van der Waals surface area contributed by atoms with Gasteiger partial charge in [-0.1, -0.05) is 33.7 Å². The molecule has 1 saturated carbocycles. The Kier molecular flexibility index (Phi) is 17.8. The van der Waals surface area contributed by atoms with Crippen molar-refractivity contribution >= 4 is 80.2 Å². The first-order chi connectivity index (χ1) is 36.9. The van der Waals surface area contributed by atoms with Crippen LogP contribution in [0.15, 0.2) is 66.0 Å². The first-order valence-electron chi connectivity index (χ1n) is 26.6. The van der Waals surface area contributed by atoms with Crippen LogP contribution in [0.2, 0.25) is 0 Å². The highest BCUT2D eigenvalue weighted by molar-refractivity contribution is 8.77. The van der Waals surface area contributed by atoms with Crippen molar-refractivity contribution in [3.05, 3.63) is 83.4 Å².